The van der Waals surface area contributed by atoms with Crippen LogP contribution < -0.4 is 4.72 Å². The zero-order valence-electron chi connectivity index (χ0n) is 17.7. The van der Waals surface area contributed by atoms with Gasteiger partial charge in [-0.05, 0) is 45.6 Å². The monoisotopic (exact) mass is 432 g/mol. The first-order valence-electron chi connectivity index (χ1n) is 11.1. The van der Waals surface area contributed by atoms with Crippen molar-refractivity contribution in [3.05, 3.63) is 83.4 Å². The second kappa shape index (κ2) is 5.22. The van der Waals surface area contributed by atoms with E-state index in [0.29, 0.717) is 11.5 Å². The van der Waals surface area contributed by atoms with E-state index in [1.54, 1.807) is 0 Å². The molecule has 5 aliphatic rings. The first-order valence-corrected chi connectivity index (χ1v) is 12.7. The number of benzene rings is 2. The van der Waals surface area contributed by atoms with E-state index in [0.717, 1.165) is 35.1 Å². The van der Waals surface area contributed by atoms with Crippen molar-refractivity contribution in [1.29, 1.82) is 0 Å². The Hall–Kier alpha value is -2.21. The highest BCUT2D eigenvalue weighted by atomic mass is 32.3. The second-order valence-electron chi connectivity index (χ2n) is 10.4. The van der Waals surface area contributed by atoms with Gasteiger partial charge < -0.3 is 5.11 Å². The van der Waals surface area contributed by atoms with Gasteiger partial charge in [0.2, 0.25) is 5.76 Å². The molecule has 31 heavy (non-hydrogen) atoms. The Morgan fingerprint density at radius 1 is 1.03 bits per heavy atom. The molecule has 2 aliphatic heterocycles. The van der Waals surface area contributed by atoms with Gasteiger partial charge >= 0.3 is 10.4 Å². The van der Waals surface area contributed by atoms with Crippen LogP contribution in [0, 0.1) is 16.7 Å². The van der Waals surface area contributed by atoms with Crippen molar-refractivity contribution in [1.82, 2.24) is 4.72 Å². The molecule has 5 heteroatoms. The Balaban J connectivity index is 1.63. The van der Waals surface area contributed by atoms with Crippen LogP contribution in [0.4, 0.5) is 0 Å². The number of aliphatic hydroxyl groups is 1. The lowest BCUT2D eigenvalue weighted by atomic mass is 9.58. The molecule has 2 aromatic rings. The van der Waals surface area contributed by atoms with Gasteiger partial charge in [-0.15, -0.1) is 0 Å². The van der Waals surface area contributed by atoms with Crippen molar-refractivity contribution in [3.63, 3.8) is 0 Å². The molecule has 2 saturated carbocycles. The Bertz CT molecular complexity index is 1250. The van der Waals surface area contributed by atoms with Crippen LogP contribution in [0.2, 0.25) is 0 Å². The van der Waals surface area contributed by atoms with E-state index >= 15 is 0 Å². The molecule has 2 heterocycles. The summed E-state index contributed by atoms with van der Waals surface area (Å²) >= 11 is 0. The molecular formula is C26H26NO3S+. The molecule has 0 radical (unpaired) electrons. The summed E-state index contributed by atoms with van der Waals surface area (Å²) in [5, 5.41) is 12.5. The summed E-state index contributed by atoms with van der Waals surface area (Å²) < 4.78 is 23.9. The number of hydrogen-bond donors (Lipinski definition) is 2. The van der Waals surface area contributed by atoms with Crippen LogP contribution in [-0.2, 0) is 18.8 Å². The molecule has 2 N–H and O–H groups in total. The standard InChI is InChI=1S/C26H26NO3S/c1-23(2)20-13-14-24(23)16-31(29)27-26(24)21(22(30-31)18-11-7-4-8-12-18)19(15-25(20,26)28)17-9-5-3-6-10-17/h3-12,15,20,28H,13-14,16H2,1-2H3,(H,27,29)/q+1/t20-,24-,25+,26-,31?/m0/s1. The van der Waals surface area contributed by atoms with Crippen LogP contribution in [0.15, 0.2) is 72.3 Å². The molecule has 158 valence electrons. The minimum Gasteiger partial charge on any atom is -0.383 e. The normalized spacial score (nSPS) is 43.1. The first kappa shape index (κ1) is 18.4. The van der Waals surface area contributed by atoms with Gasteiger partial charge in [0.1, 0.15) is 11.1 Å². The quantitative estimate of drug-likeness (QED) is 0.693. The van der Waals surface area contributed by atoms with Crippen molar-refractivity contribution >= 4 is 21.7 Å². The van der Waals surface area contributed by atoms with Crippen molar-refractivity contribution in [3.8, 4) is 0 Å². The lowest BCUT2D eigenvalue weighted by molar-refractivity contribution is -0.0317. The van der Waals surface area contributed by atoms with Gasteiger partial charge in [0.05, 0.1) is 5.41 Å². The zero-order valence-corrected chi connectivity index (χ0v) is 18.5. The molecule has 3 fully saturated rings. The van der Waals surface area contributed by atoms with E-state index in [1.165, 1.54) is 0 Å². The SMILES string of the molecule is CC1(C)[C@@H]2CC[C@]13C[S+]1(=O)N[C@@]34C(=C(c3ccccc3)O1)C(c1ccccc1)=C[C@@]24O. The fraction of sp³-hybridized carbons (Fsp3) is 0.385. The summed E-state index contributed by atoms with van der Waals surface area (Å²) in [5.41, 5.74) is 1.58. The molecular weight excluding hydrogens is 406 g/mol. The van der Waals surface area contributed by atoms with Gasteiger partial charge in [0.15, 0.2) is 5.75 Å². The summed E-state index contributed by atoms with van der Waals surface area (Å²) in [6.45, 7) is 4.52. The molecule has 3 aliphatic carbocycles. The Labute approximate surface area is 183 Å². The minimum absolute atomic E-state index is 0.0998. The molecule has 5 atom stereocenters. The lowest BCUT2D eigenvalue weighted by Gasteiger charge is -2.46. The number of hydrogen-bond acceptors (Lipinski definition) is 3. The maximum Gasteiger partial charge on any atom is 0.334 e. The summed E-state index contributed by atoms with van der Waals surface area (Å²) in [4.78, 5) is 0. The van der Waals surface area contributed by atoms with E-state index in [4.69, 9.17) is 4.18 Å². The maximum atomic E-state index is 14.1. The van der Waals surface area contributed by atoms with Gasteiger partial charge in [0, 0.05) is 11.1 Å². The molecule has 1 unspecified atom stereocenters. The van der Waals surface area contributed by atoms with E-state index < -0.39 is 21.5 Å². The van der Waals surface area contributed by atoms with Crippen LogP contribution in [0.1, 0.15) is 37.8 Å². The number of nitrogens with one attached hydrogen (secondary N) is 1. The minimum atomic E-state index is -2.81. The van der Waals surface area contributed by atoms with Gasteiger partial charge in [0.25, 0.3) is 0 Å². The third-order valence-corrected chi connectivity index (χ3v) is 11.1. The smallest absolute Gasteiger partial charge is 0.334 e. The van der Waals surface area contributed by atoms with Crippen molar-refractivity contribution in [2.45, 2.75) is 37.8 Å². The van der Waals surface area contributed by atoms with Crippen LogP contribution in [0.5, 0.6) is 0 Å². The van der Waals surface area contributed by atoms with E-state index in [1.807, 2.05) is 48.5 Å². The third-order valence-electron chi connectivity index (χ3n) is 9.13. The van der Waals surface area contributed by atoms with Crippen molar-refractivity contribution in [2.75, 3.05) is 5.75 Å². The van der Waals surface area contributed by atoms with Crippen molar-refractivity contribution in [2.24, 2.45) is 16.7 Å². The van der Waals surface area contributed by atoms with Crippen LogP contribution in [0.3, 0.4) is 0 Å². The first-order chi connectivity index (χ1) is 14.8. The third kappa shape index (κ3) is 1.75. The molecule has 1 saturated heterocycles. The summed E-state index contributed by atoms with van der Waals surface area (Å²) in [6, 6.07) is 20.2. The molecule has 2 aromatic carbocycles. The molecule has 4 nitrogen and oxygen atoms in total. The predicted octanol–water partition coefficient (Wildman–Crippen LogP) is 4.36. The Kier molecular flexibility index (Phi) is 3.10. The predicted molar refractivity (Wildman–Crippen MR) is 122 cm³/mol. The summed E-state index contributed by atoms with van der Waals surface area (Å²) in [5.74, 6) is 1.21. The molecule has 4 bridgehead atoms. The lowest BCUT2D eigenvalue weighted by Crippen LogP contribution is -2.66. The van der Waals surface area contributed by atoms with Crippen molar-refractivity contribution < 1.29 is 13.5 Å². The Morgan fingerprint density at radius 3 is 2.35 bits per heavy atom. The average Bonchev–Trinajstić information content (AvgIpc) is 3.31. The van der Waals surface area contributed by atoms with Crippen LogP contribution in [-0.4, -0.2) is 22.0 Å². The van der Waals surface area contributed by atoms with E-state index in [9.17, 15) is 9.32 Å². The highest BCUT2D eigenvalue weighted by molar-refractivity contribution is 7.97. The van der Waals surface area contributed by atoms with Gasteiger partial charge in [-0.1, -0.05) is 79.2 Å². The Morgan fingerprint density at radius 2 is 1.68 bits per heavy atom. The zero-order chi connectivity index (χ0) is 21.3. The fourth-order valence-electron chi connectivity index (χ4n) is 7.97. The summed E-state index contributed by atoms with van der Waals surface area (Å²) in [7, 11) is -2.81. The molecule has 2 spiro atoms. The van der Waals surface area contributed by atoms with Crippen LogP contribution in [0.25, 0.3) is 11.3 Å². The average molecular weight is 433 g/mol. The largest absolute Gasteiger partial charge is 0.383 e. The van der Waals surface area contributed by atoms with Crippen LogP contribution >= 0.6 is 0 Å². The topological polar surface area (TPSA) is 58.6 Å². The summed E-state index contributed by atoms with van der Waals surface area (Å²) in [6.07, 6.45) is 3.96. The van der Waals surface area contributed by atoms with E-state index in [2.05, 4.69) is 36.8 Å². The van der Waals surface area contributed by atoms with Gasteiger partial charge in [-0.25, -0.2) is 0 Å². The van der Waals surface area contributed by atoms with Gasteiger partial charge in [-0.3, -0.25) is 4.18 Å². The van der Waals surface area contributed by atoms with E-state index in [-0.39, 0.29) is 16.7 Å². The fourth-order valence-corrected chi connectivity index (χ4v) is 10.9. The maximum absolute atomic E-state index is 14.1. The second-order valence-corrected chi connectivity index (χ2v) is 12.3. The highest BCUT2D eigenvalue weighted by Gasteiger charge is 2.92. The highest BCUT2D eigenvalue weighted by Crippen LogP contribution is 2.82. The number of fused-ring (bicyclic) bond motifs is 3. The number of rotatable bonds is 2. The van der Waals surface area contributed by atoms with Gasteiger partial charge in [-0.2, -0.15) is 0 Å². The molecule has 7 rings (SSSR count). The molecule has 0 aromatic heterocycles. The molecule has 0 amide bonds.